The molecule has 1 fully saturated rings. The van der Waals surface area contributed by atoms with Crippen molar-refractivity contribution in [2.75, 3.05) is 26.2 Å². The summed E-state index contributed by atoms with van der Waals surface area (Å²) in [5, 5.41) is 3.04. The molecule has 1 heterocycles. The molecule has 0 bridgehead atoms. The lowest BCUT2D eigenvalue weighted by Gasteiger charge is -2.13. The van der Waals surface area contributed by atoms with Gasteiger partial charge in [0.25, 0.3) is 11.1 Å². The van der Waals surface area contributed by atoms with E-state index in [0.29, 0.717) is 30.5 Å². The first-order valence-corrected chi connectivity index (χ1v) is 9.02. The van der Waals surface area contributed by atoms with Gasteiger partial charge >= 0.3 is 0 Å². The lowest BCUT2D eigenvalue weighted by Crippen LogP contribution is -2.36. The lowest BCUT2D eigenvalue weighted by molar-refractivity contribution is -0.122. The zero-order valence-corrected chi connectivity index (χ0v) is 15.2. The van der Waals surface area contributed by atoms with Crippen LogP contribution in [-0.2, 0) is 4.79 Å². The van der Waals surface area contributed by atoms with Crippen LogP contribution in [0.15, 0.2) is 29.2 Å². The van der Waals surface area contributed by atoms with Crippen molar-refractivity contribution in [3.8, 4) is 5.75 Å². The number of benzene rings is 1. The van der Waals surface area contributed by atoms with Crippen LogP contribution in [0.5, 0.6) is 5.75 Å². The van der Waals surface area contributed by atoms with Crippen LogP contribution in [0.25, 0.3) is 6.08 Å². The predicted octanol–water partition coefficient (Wildman–Crippen LogP) is 3.37. The van der Waals surface area contributed by atoms with Gasteiger partial charge in [0.2, 0.25) is 0 Å². The van der Waals surface area contributed by atoms with Gasteiger partial charge in [-0.05, 0) is 54.9 Å². The van der Waals surface area contributed by atoms with Crippen molar-refractivity contribution in [3.05, 3.63) is 34.7 Å². The van der Waals surface area contributed by atoms with E-state index < -0.39 is 0 Å². The Hall–Kier alpha value is -1.79. The molecule has 6 heteroatoms. The first kappa shape index (κ1) is 18.5. The maximum Gasteiger partial charge on any atom is 0.293 e. The fraction of sp³-hybridized carbons (Fsp3) is 0.444. The van der Waals surface area contributed by atoms with E-state index in [1.807, 2.05) is 31.2 Å². The van der Waals surface area contributed by atoms with Crippen molar-refractivity contribution >= 4 is 29.0 Å². The Labute approximate surface area is 147 Å². The van der Waals surface area contributed by atoms with E-state index in [1.165, 1.54) is 4.90 Å². The van der Waals surface area contributed by atoms with Gasteiger partial charge in [-0.3, -0.25) is 14.5 Å². The van der Waals surface area contributed by atoms with Gasteiger partial charge in [-0.1, -0.05) is 26.0 Å². The summed E-state index contributed by atoms with van der Waals surface area (Å²) >= 11 is 0.995. The van der Waals surface area contributed by atoms with E-state index in [0.717, 1.165) is 29.6 Å². The number of carbonyl (C=O) groups excluding carboxylic acids is 2. The molecule has 130 valence electrons. The summed E-state index contributed by atoms with van der Waals surface area (Å²) in [6.07, 6.45) is 1.75. The van der Waals surface area contributed by atoms with Gasteiger partial charge < -0.3 is 10.1 Å². The van der Waals surface area contributed by atoms with Crippen molar-refractivity contribution in [1.29, 1.82) is 0 Å². The average molecular weight is 348 g/mol. The Balaban J connectivity index is 1.96. The topological polar surface area (TPSA) is 58.6 Å². The second-order valence-electron chi connectivity index (χ2n) is 5.93. The number of nitrogens with zero attached hydrogens (tertiary/aromatic N) is 1. The number of hydrogen-bond donors (Lipinski definition) is 1. The number of carbonyl (C=O) groups is 2. The Morgan fingerprint density at radius 1 is 1.25 bits per heavy atom. The molecule has 0 aliphatic carbocycles. The van der Waals surface area contributed by atoms with E-state index in [-0.39, 0.29) is 11.1 Å². The van der Waals surface area contributed by atoms with Gasteiger partial charge in [-0.25, -0.2) is 0 Å². The van der Waals surface area contributed by atoms with Gasteiger partial charge in [-0.2, -0.15) is 0 Å². The SMILES string of the molecule is CCOc1ccc(C=C2SC(=O)N(CCNCC(C)C)C2=O)cc1. The summed E-state index contributed by atoms with van der Waals surface area (Å²) in [5.41, 5.74) is 0.877. The van der Waals surface area contributed by atoms with E-state index in [4.69, 9.17) is 4.74 Å². The van der Waals surface area contributed by atoms with Crippen LogP contribution in [0, 0.1) is 5.92 Å². The first-order chi connectivity index (χ1) is 11.5. The van der Waals surface area contributed by atoms with Crippen LogP contribution < -0.4 is 10.1 Å². The first-order valence-electron chi connectivity index (χ1n) is 8.20. The Morgan fingerprint density at radius 2 is 1.96 bits per heavy atom. The maximum absolute atomic E-state index is 12.4. The molecular formula is C18H24N2O3S. The molecule has 5 nitrogen and oxygen atoms in total. The quantitative estimate of drug-likeness (QED) is 0.576. The molecule has 0 aromatic heterocycles. The second kappa shape index (κ2) is 8.89. The number of nitrogens with one attached hydrogen (secondary N) is 1. The molecule has 0 saturated carbocycles. The van der Waals surface area contributed by atoms with Crippen LogP contribution in [-0.4, -0.2) is 42.3 Å². The minimum atomic E-state index is -0.217. The standard InChI is InChI=1S/C18H24N2O3S/c1-4-23-15-7-5-14(6-8-15)11-16-17(21)20(18(22)24-16)10-9-19-12-13(2)3/h5-8,11,13,19H,4,9-10,12H2,1-3H3. The Kier molecular flexibility index (Phi) is 6.87. The van der Waals surface area contributed by atoms with Gasteiger partial charge in [0.15, 0.2) is 0 Å². The average Bonchev–Trinajstić information content (AvgIpc) is 2.80. The number of ether oxygens (including phenoxy) is 1. The molecule has 0 atom stereocenters. The molecule has 0 unspecified atom stereocenters. The largest absolute Gasteiger partial charge is 0.494 e. The van der Waals surface area contributed by atoms with Gasteiger partial charge in [0.05, 0.1) is 11.5 Å². The summed E-state index contributed by atoms with van der Waals surface area (Å²) in [4.78, 5) is 26.2. The van der Waals surface area contributed by atoms with Crippen LogP contribution in [0.2, 0.25) is 0 Å². The molecule has 1 aromatic rings. The van der Waals surface area contributed by atoms with Crippen molar-refractivity contribution in [3.63, 3.8) is 0 Å². The van der Waals surface area contributed by atoms with Crippen molar-refractivity contribution in [1.82, 2.24) is 10.2 Å². The number of imide groups is 1. The molecular weight excluding hydrogens is 324 g/mol. The van der Waals surface area contributed by atoms with Crippen LogP contribution in [0.3, 0.4) is 0 Å². The molecule has 24 heavy (non-hydrogen) atoms. The highest BCUT2D eigenvalue weighted by molar-refractivity contribution is 8.18. The second-order valence-corrected chi connectivity index (χ2v) is 6.93. The fourth-order valence-electron chi connectivity index (χ4n) is 2.25. The zero-order valence-electron chi connectivity index (χ0n) is 14.4. The minimum Gasteiger partial charge on any atom is -0.494 e. The Bertz CT molecular complexity index is 611. The highest BCUT2D eigenvalue weighted by atomic mass is 32.2. The van der Waals surface area contributed by atoms with Crippen LogP contribution in [0.4, 0.5) is 4.79 Å². The number of amides is 2. The van der Waals surface area contributed by atoms with Crippen LogP contribution >= 0.6 is 11.8 Å². The molecule has 1 saturated heterocycles. The molecule has 1 aliphatic heterocycles. The van der Waals surface area contributed by atoms with Gasteiger partial charge in [0, 0.05) is 13.1 Å². The van der Waals surface area contributed by atoms with Crippen molar-refractivity contribution < 1.29 is 14.3 Å². The molecule has 2 amide bonds. The third-order valence-corrected chi connectivity index (χ3v) is 4.33. The molecule has 1 aliphatic rings. The third-order valence-electron chi connectivity index (χ3n) is 3.43. The van der Waals surface area contributed by atoms with Crippen LogP contribution in [0.1, 0.15) is 26.3 Å². The van der Waals surface area contributed by atoms with Crippen molar-refractivity contribution in [2.24, 2.45) is 5.92 Å². The van der Waals surface area contributed by atoms with Crippen molar-refractivity contribution in [2.45, 2.75) is 20.8 Å². The molecule has 0 spiro atoms. The number of thioether (sulfide) groups is 1. The normalized spacial score (nSPS) is 16.5. The van der Waals surface area contributed by atoms with E-state index in [1.54, 1.807) is 6.08 Å². The molecule has 2 rings (SSSR count). The molecule has 0 radical (unpaired) electrons. The maximum atomic E-state index is 12.4. The van der Waals surface area contributed by atoms with Gasteiger partial charge in [0.1, 0.15) is 5.75 Å². The van der Waals surface area contributed by atoms with Gasteiger partial charge in [-0.15, -0.1) is 0 Å². The lowest BCUT2D eigenvalue weighted by atomic mass is 10.2. The van der Waals surface area contributed by atoms with E-state index in [9.17, 15) is 9.59 Å². The molecule has 1 N–H and O–H groups in total. The highest BCUT2D eigenvalue weighted by Gasteiger charge is 2.34. The fourth-order valence-corrected chi connectivity index (χ4v) is 3.12. The smallest absolute Gasteiger partial charge is 0.293 e. The predicted molar refractivity (Wildman–Crippen MR) is 98.0 cm³/mol. The number of hydrogen-bond acceptors (Lipinski definition) is 5. The number of rotatable bonds is 8. The zero-order chi connectivity index (χ0) is 17.5. The third kappa shape index (κ3) is 5.11. The van der Waals surface area contributed by atoms with E-state index in [2.05, 4.69) is 19.2 Å². The highest BCUT2D eigenvalue weighted by Crippen LogP contribution is 2.32. The summed E-state index contributed by atoms with van der Waals surface area (Å²) in [7, 11) is 0. The van der Waals surface area contributed by atoms with E-state index >= 15 is 0 Å². The summed E-state index contributed by atoms with van der Waals surface area (Å²) in [6.45, 7) is 8.67. The minimum absolute atomic E-state index is 0.205. The summed E-state index contributed by atoms with van der Waals surface area (Å²) in [5.74, 6) is 1.11. The Morgan fingerprint density at radius 3 is 2.58 bits per heavy atom. The summed E-state index contributed by atoms with van der Waals surface area (Å²) < 4.78 is 5.40. The monoisotopic (exact) mass is 348 g/mol. The summed E-state index contributed by atoms with van der Waals surface area (Å²) in [6, 6.07) is 7.47. The molecule has 1 aromatic carbocycles.